The van der Waals surface area contributed by atoms with Crippen LogP contribution in [0.25, 0.3) is 0 Å². The summed E-state index contributed by atoms with van der Waals surface area (Å²) >= 11 is 1.20. The van der Waals surface area contributed by atoms with E-state index in [9.17, 15) is 4.79 Å². The Hall–Kier alpha value is -0.960. The van der Waals surface area contributed by atoms with Crippen LogP contribution in [0, 0.1) is 0 Å². The minimum atomic E-state index is -0.205. The zero-order valence-electron chi connectivity index (χ0n) is 5.74. The van der Waals surface area contributed by atoms with Crippen LogP contribution < -0.4 is 4.74 Å². The zero-order valence-corrected chi connectivity index (χ0v) is 6.56. The van der Waals surface area contributed by atoms with E-state index in [1.165, 1.54) is 11.8 Å². The number of hydrogen-bond acceptors (Lipinski definition) is 3. The highest BCUT2D eigenvalue weighted by Gasteiger charge is 2.15. The Morgan fingerprint density at radius 2 is 2.18 bits per heavy atom. The number of rotatable bonds is 0. The van der Waals surface area contributed by atoms with Crippen LogP contribution in [-0.2, 0) is 5.75 Å². The molecule has 1 aromatic rings. The lowest BCUT2D eigenvalue weighted by molar-refractivity contribution is 0.226. The third kappa shape index (κ3) is 1.24. The summed E-state index contributed by atoms with van der Waals surface area (Å²) in [6, 6.07) is 7.59. The second-order valence-electron chi connectivity index (χ2n) is 2.25. The molecule has 2 nitrogen and oxygen atoms in total. The first-order valence-electron chi connectivity index (χ1n) is 3.29. The fraction of sp³-hybridized carbons (Fsp3) is 0.125. The molecule has 0 saturated heterocycles. The molecule has 1 aliphatic heterocycles. The van der Waals surface area contributed by atoms with E-state index >= 15 is 0 Å². The van der Waals surface area contributed by atoms with Crippen molar-refractivity contribution in [1.82, 2.24) is 0 Å². The number of para-hydroxylation sites is 1. The molecule has 0 aromatic heterocycles. The molecule has 1 heterocycles. The van der Waals surface area contributed by atoms with Gasteiger partial charge < -0.3 is 4.74 Å². The lowest BCUT2D eigenvalue weighted by atomic mass is 10.2. The number of ether oxygens (including phenoxy) is 1. The molecule has 56 valence electrons. The number of thioether (sulfide) groups is 1. The summed E-state index contributed by atoms with van der Waals surface area (Å²) in [6.07, 6.45) is 0. The van der Waals surface area contributed by atoms with Crippen molar-refractivity contribution in [2.24, 2.45) is 0 Å². The molecule has 1 aliphatic rings. The van der Waals surface area contributed by atoms with Crippen molar-refractivity contribution in [1.29, 1.82) is 0 Å². The van der Waals surface area contributed by atoms with Crippen LogP contribution in [0.15, 0.2) is 24.3 Å². The van der Waals surface area contributed by atoms with Crippen LogP contribution in [0.2, 0.25) is 0 Å². The second kappa shape index (κ2) is 2.58. The van der Waals surface area contributed by atoms with Crippen molar-refractivity contribution >= 4 is 17.1 Å². The van der Waals surface area contributed by atoms with Gasteiger partial charge in [0.1, 0.15) is 5.75 Å². The van der Waals surface area contributed by atoms with Gasteiger partial charge in [-0.3, -0.25) is 0 Å². The summed E-state index contributed by atoms with van der Waals surface area (Å²) in [5.41, 5.74) is 1.09. The molecule has 0 atom stereocenters. The lowest BCUT2D eigenvalue weighted by Crippen LogP contribution is -2.08. The third-order valence-corrected chi connectivity index (χ3v) is 2.29. The van der Waals surface area contributed by atoms with E-state index in [0.717, 1.165) is 11.3 Å². The van der Waals surface area contributed by atoms with Gasteiger partial charge in [-0.15, -0.1) is 0 Å². The maximum atomic E-state index is 10.8. The number of carbonyl (C=O) groups excluding carboxylic acids is 1. The molecule has 0 fully saturated rings. The van der Waals surface area contributed by atoms with Gasteiger partial charge in [0.15, 0.2) is 0 Å². The Morgan fingerprint density at radius 1 is 1.36 bits per heavy atom. The molecule has 1 aromatic carbocycles. The molecule has 3 heteroatoms. The summed E-state index contributed by atoms with van der Waals surface area (Å²) in [6.45, 7) is 0. The standard InChI is InChI=1S/C8H6O2S/c9-8-10-7-4-2-1-3-6(7)5-11-8/h1-4H,5H2. The van der Waals surface area contributed by atoms with E-state index < -0.39 is 0 Å². The largest absolute Gasteiger partial charge is 0.418 e. The molecule has 0 aliphatic carbocycles. The normalized spacial score (nSPS) is 15.5. The van der Waals surface area contributed by atoms with E-state index in [4.69, 9.17) is 4.74 Å². The SMILES string of the molecule is O=C1Oc2ccccc2CS1. The molecule has 0 radical (unpaired) electrons. The Bertz CT molecular complexity index is 296. The van der Waals surface area contributed by atoms with Crippen molar-refractivity contribution in [2.45, 2.75) is 5.75 Å². The first-order valence-corrected chi connectivity index (χ1v) is 4.27. The average Bonchev–Trinajstić information content (AvgIpc) is 2.04. The maximum Gasteiger partial charge on any atom is 0.373 e. The van der Waals surface area contributed by atoms with Crippen LogP contribution in [0.5, 0.6) is 5.75 Å². The van der Waals surface area contributed by atoms with Crippen LogP contribution in [0.3, 0.4) is 0 Å². The van der Waals surface area contributed by atoms with E-state index in [1.807, 2.05) is 24.3 Å². The third-order valence-electron chi connectivity index (χ3n) is 1.51. The molecule has 0 saturated carbocycles. The Balaban J connectivity index is 2.41. The number of hydrogen-bond donors (Lipinski definition) is 0. The van der Waals surface area contributed by atoms with Gasteiger partial charge in [0.05, 0.1) is 0 Å². The van der Waals surface area contributed by atoms with Gasteiger partial charge in [-0.05, 0) is 17.8 Å². The summed E-state index contributed by atoms with van der Waals surface area (Å²) < 4.78 is 4.96. The van der Waals surface area contributed by atoms with Crippen LogP contribution in [-0.4, -0.2) is 5.30 Å². The number of benzene rings is 1. The lowest BCUT2D eigenvalue weighted by Gasteiger charge is -2.13. The first-order chi connectivity index (χ1) is 5.36. The number of carbonyl (C=O) groups is 1. The molecule has 0 amide bonds. The summed E-state index contributed by atoms with van der Waals surface area (Å²) in [4.78, 5) is 10.8. The summed E-state index contributed by atoms with van der Waals surface area (Å²) in [5, 5.41) is -0.205. The van der Waals surface area contributed by atoms with Crippen molar-refractivity contribution in [3.63, 3.8) is 0 Å². The van der Waals surface area contributed by atoms with Crippen molar-refractivity contribution in [3.05, 3.63) is 29.8 Å². The predicted molar refractivity (Wildman–Crippen MR) is 43.8 cm³/mol. The second-order valence-corrected chi connectivity index (χ2v) is 3.16. The smallest absolute Gasteiger partial charge is 0.373 e. The zero-order chi connectivity index (χ0) is 7.68. The van der Waals surface area contributed by atoms with Crippen molar-refractivity contribution < 1.29 is 9.53 Å². The van der Waals surface area contributed by atoms with Gasteiger partial charge in [0, 0.05) is 11.3 Å². The van der Waals surface area contributed by atoms with Gasteiger partial charge in [0.25, 0.3) is 0 Å². The molecule has 11 heavy (non-hydrogen) atoms. The monoisotopic (exact) mass is 166 g/mol. The molecule has 0 bridgehead atoms. The molecule has 0 spiro atoms. The van der Waals surface area contributed by atoms with E-state index in [1.54, 1.807) is 0 Å². The first kappa shape index (κ1) is 6.73. The predicted octanol–water partition coefficient (Wildman–Crippen LogP) is 2.43. The summed E-state index contributed by atoms with van der Waals surface area (Å²) in [5.74, 6) is 1.44. The van der Waals surface area contributed by atoms with E-state index in [0.29, 0.717) is 5.75 Å². The van der Waals surface area contributed by atoms with Gasteiger partial charge in [-0.2, -0.15) is 0 Å². The van der Waals surface area contributed by atoms with E-state index in [-0.39, 0.29) is 5.30 Å². The highest BCUT2D eigenvalue weighted by atomic mass is 32.2. The summed E-state index contributed by atoms with van der Waals surface area (Å²) in [7, 11) is 0. The Labute approximate surface area is 68.6 Å². The van der Waals surface area contributed by atoms with Crippen LogP contribution >= 0.6 is 11.8 Å². The van der Waals surface area contributed by atoms with E-state index in [2.05, 4.69) is 0 Å². The fourth-order valence-corrected chi connectivity index (χ4v) is 1.64. The fourth-order valence-electron chi connectivity index (χ4n) is 0.979. The molecular weight excluding hydrogens is 160 g/mol. The highest BCUT2D eigenvalue weighted by Crippen LogP contribution is 2.29. The molecule has 2 rings (SSSR count). The Morgan fingerprint density at radius 3 is 3.09 bits per heavy atom. The van der Waals surface area contributed by atoms with Crippen LogP contribution in [0.4, 0.5) is 4.79 Å². The van der Waals surface area contributed by atoms with Crippen molar-refractivity contribution in [2.75, 3.05) is 0 Å². The quantitative estimate of drug-likeness (QED) is 0.554. The minimum absolute atomic E-state index is 0.205. The van der Waals surface area contributed by atoms with Gasteiger partial charge in [0.2, 0.25) is 0 Å². The molecule has 0 unspecified atom stereocenters. The number of fused-ring (bicyclic) bond motifs is 1. The average molecular weight is 166 g/mol. The minimum Gasteiger partial charge on any atom is -0.418 e. The van der Waals surface area contributed by atoms with Crippen molar-refractivity contribution in [3.8, 4) is 5.75 Å². The molecule has 0 N–H and O–H groups in total. The maximum absolute atomic E-state index is 10.8. The topological polar surface area (TPSA) is 26.3 Å². The highest BCUT2D eigenvalue weighted by molar-refractivity contribution is 8.12. The molecular formula is C8H6O2S. The van der Waals surface area contributed by atoms with Gasteiger partial charge in [-0.1, -0.05) is 18.2 Å². The van der Waals surface area contributed by atoms with Gasteiger partial charge in [-0.25, -0.2) is 4.79 Å². The van der Waals surface area contributed by atoms with Crippen LogP contribution in [0.1, 0.15) is 5.56 Å². The van der Waals surface area contributed by atoms with Gasteiger partial charge >= 0.3 is 5.30 Å². The Kier molecular flexibility index (Phi) is 1.58.